The van der Waals surface area contributed by atoms with Crippen molar-refractivity contribution in [2.75, 3.05) is 5.32 Å². The molecule has 1 amide bonds. The summed E-state index contributed by atoms with van der Waals surface area (Å²) in [4.78, 5) is 16.9. The first-order valence-corrected chi connectivity index (χ1v) is 9.21. The lowest BCUT2D eigenvalue weighted by atomic mass is 10.1. The maximum absolute atomic E-state index is 13.4. The molecular weight excluding hydrogens is 375 g/mol. The van der Waals surface area contributed by atoms with E-state index in [9.17, 15) is 18.0 Å². The lowest BCUT2D eigenvalue weighted by molar-refractivity contribution is -0.137. The molecule has 0 saturated heterocycles. The summed E-state index contributed by atoms with van der Waals surface area (Å²) in [6.07, 6.45) is -3.73. The van der Waals surface area contributed by atoms with E-state index in [1.54, 1.807) is 26.0 Å². The quantitative estimate of drug-likeness (QED) is 0.647. The van der Waals surface area contributed by atoms with Gasteiger partial charge in [-0.2, -0.15) is 13.2 Å². The Morgan fingerprint density at radius 3 is 2.59 bits per heavy atom. The normalized spacial score (nSPS) is 11.6. The molecule has 8 heteroatoms. The highest BCUT2D eigenvalue weighted by atomic mass is 32.1. The molecule has 0 fully saturated rings. The molecule has 142 valence electrons. The molecule has 0 saturated carbocycles. The average molecular weight is 393 g/mol. The second-order valence-electron chi connectivity index (χ2n) is 6.09. The van der Waals surface area contributed by atoms with E-state index in [1.807, 2.05) is 12.3 Å². The van der Waals surface area contributed by atoms with E-state index in [1.165, 1.54) is 28.0 Å². The summed E-state index contributed by atoms with van der Waals surface area (Å²) in [7, 11) is 0. The molecule has 0 unspecified atom stereocenters. The highest BCUT2D eigenvalue weighted by Crippen LogP contribution is 2.35. The summed E-state index contributed by atoms with van der Waals surface area (Å²) in [5, 5.41) is 5.05. The second-order valence-corrected chi connectivity index (χ2v) is 6.94. The van der Waals surface area contributed by atoms with Gasteiger partial charge in [-0.05, 0) is 38.5 Å². The van der Waals surface area contributed by atoms with Crippen LogP contribution in [0.3, 0.4) is 0 Å². The van der Waals surface area contributed by atoms with Gasteiger partial charge in [0.2, 0.25) is 0 Å². The van der Waals surface area contributed by atoms with Crippen LogP contribution in [0.5, 0.6) is 0 Å². The first-order chi connectivity index (χ1) is 12.7. The number of carbonyl (C=O) groups is 1. The van der Waals surface area contributed by atoms with E-state index >= 15 is 0 Å². The summed E-state index contributed by atoms with van der Waals surface area (Å²) in [6, 6.07) is 6.92. The van der Waals surface area contributed by atoms with Crippen molar-refractivity contribution in [1.29, 1.82) is 0 Å². The topological polar surface area (TPSA) is 46.9 Å². The number of hydrogen-bond donors (Lipinski definition) is 1. The lowest BCUT2D eigenvalue weighted by Gasteiger charge is -2.16. The number of rotatable bonds is 4. The number of carbonyl (C=O) groups excluding carboxylic acids is 1. The van der Waals surface area contributed by atoms with Crippen LogP contribution in [0.4, 0.5) is 18.3 Å². The molecule has 0 aliphatic heterocycles. The number of alkyl halides is 3. The van der Waals surface area contributed by atoms with E-state index in [0.717, 1.165) is 18.2 Å². The predicted molar refractivity (Wildman–Crippen MR) is 99.7 cm³/mol. The largest absolute Gasteiger partial charge is 0.418 e. The number of benzene rings is 1. The van der Waals surface area contributed by atoms with Gasteiger partial charge in [-0.3, -0.25) is 10.1 Å². The molecule has 2 aromatic heterocycles. The van der Waals surface area contributed by atoms with Gasteiger partial charge in [-0.15, -0.1) is 11.3 Å². The Morgan fingerprint density at radius 1 is 1.26 bits per heavy atom. The molecule has 1 aromatic carbocycles. The molecule has 3 aromatic rings. The van der Waals surface area contributed by atoms with Crippen molar-refractivity contribution in [3.8, 4) is 5.69 Å². The van der Waals surface area contributed by atoms with Crippen molar-refractivity contribution in [3.63, 3.8) is 0 Å². The summed E-state index contributed by atoms with van der Waals surface area (Å²) < 4.78 is 41.6. The third-order valence-electron chi connectivity index (χ3n) is 4.26. The van der Waals surface area contributed by atoms with Crippen LogP contribution in [0.1, 0.15) is 39.9 Å². The van der Waals surface area contributed by atoms with Crippen molar-refractivity contribution < 1.29 is 18.0 Å². The van der Waals surface area contributed by atoms with Crippen molar-refractivity contribution in [2.45, 2.75) is 33.4 Å². The van der Waals surface area contributed by atoms with Gasteiger partial charge < -0.3 is 4.57 Å². The molecular formula is C19H18F3N3OS. The number of nitrogens with zero attached hydrogens (tertiary/aromatic N) is 2. The highest BCUT2D eigenvalue weighted by molar-refractivity contribution is 7.14. The second kappa shape index (κ2) is 7.19. The highest BCUT2D eigenvalue weighted by Gasteiger charge is 2.34. The first kappa shape index (κ1) is 19.2. The minimum Gasteiger partial charge on any atom is -0.317 e. The summed E-state index contributed by atoms with van der Waals surface area (Å²) in [5.41, 5.74) is 1.43. The number of anilines is 1. The van der Waals surface area contributed by atoms with Gasteiger partial charge >= 0.3 is 6.18 Å². The van der Waals surface area contributed by atoms with Crippen molar-refractivity contribution in [2.24, 2.45) is 0 Å². The number of amides is 1. The molecule has 3 rings (SSSR count). The zero-order valence-electron chi connectivity index (χ0n) is 15.0. The van der Waals surface area contributed by atoms with Crippen LogP contribution >= 0.6 is 11.3 Å². The molecule has 1 N–H and O–H groups in total. The fraction of sp³-hybridized carbons (Fsp3) is 0.263. The number of aromatic nitrogens is 2. The van der Waals surface area contributed by atoms with E-state index in [4.69, 9.17) is 0 Å². The first-order valence-electron chi connectivity index (χ1n) is 8.33. The van der Waals surface area contributed by atoms with Crippen LogP contribution < -0.4 is 5.32 Å². The smallest absolute Gasteiger partial charge is 0.317 e. The van der Waals surface area contributed by atoms with Gasteiger partial charge in [0.1, 0.15) is 0 Å². The average Bonchev–Trinajstić information content (AvgIpc) is 3.18. The number of para-hydroxylation sites is 1. The molecule has 4 nitrogen and oxygen atoms in total. The van der Waals surface area contributed by atoms with Crippen molar-refractivity contribution in [3.05, 3.63) is 63.9 Å². The Morgan fingerprint density at radius 2 is 1.96 bits per heavy atom. The number of thiazole rings is 1. The lowest BCUT2D eigenvalue weighted by Crippen LogP contribution is -2.14. The maximum Gasteiger partial charge on any atom is 0.418 e. The van der Waals surface area contributed by atoms with Gasteiger partial charge in [0, 0.05) is 16.8 Å². The zero-order valence-corrected chi connectivity index (χ0v) is 15.8. The van der Waals surface area contributed by atoms with Crippen LogP contribution in [0.15, 0.2) is 35.7 Å². The van der Waals surface area contributed by atoms with Gasteiger partial charge in [-0.25, -0.2) is 4.98 Å². The van der Waals surface area contributed by atoms with Crippen LogP contribution in [0, 0.1) is 13.8 Å². The molecule has 0 radical (unpaired) electrons. The molecule has 2 heterocycles. The zero-order chi connectivity index (χ0) is 19.8. The van der Waals surface area contributed by atoms with E-state index < -0.39 is 17.6 Å². The monoisotopic (exact) mass is 393 g/mol. The van der Waals surface area contributed by atoms with Gasteiger partial charge in [0.05, 0.1) is 22.5 Å². The molecule has 0 spiro atoms. The Balaban J connectivity index is 2.00. The number of aryl methyl sites for hydroxylation is 2. The third kappa shape index (κ3) is 3.75. The fourth-order valence-electron chi connectivity index (χ4n) is 2.96. The van der Waals surface area contributed by atoms with Crippen LogP contribution in [0.2, 0.25) is 0 Å². The van der Waals surface area contributed by atoms with E-state index in [2.05, 4.69) is 10.3 Å². The summed E-state index contributed by atoms with van der Waals surface area (Å²) in [6.45, 7) is 5.27. The summed E-state index contributed by atoms with van der Waals surface area (Å²) in [5.74, 6) is -0.393. The molecule has 27 heavy (non-hydrogen) atoms. The Kier molecular flexibility index (Phi) is 5.10. The Bertz CT molecular complexity index is 988. The number of nitrogens with one attached hydrogen (secondary N) is 1. The molecule has 0 atom stereocenters. The minimum absolute atomic E-state index is 0.00145. The van der Waals surface area contributed by atoms with Gasteiger partial charge in [-0.1, -0.05) is 19.1 Å². The number of hydrogen-bond acceptors (Lipinski definition) is 3. The van der Waals surface area contributed by atoms with Crippen molar-refractivity contribution >= 4 is 22.4 Å². The van der Waals surface area contributed by atoms with E-state index in [-0.39, 0.29) is 5.69 Å². The molecule has 0 aliphatic carbocycles. The minimum atomic E-state index is -4.49. The Hall–Kier alpha value is -2.61. The SMILES string of the molecule is CCc1csc(NC(=O)c2cc(C)n(-c3ccccc3C(F)(F)F)c2C)n1. The van der Waals surface area contributed by atoms with Gasteiger partial charge in [0.15, 0.2) is 5.13 Å². The standard InChI is InChI=1S/C19H18F3N3OS/c1-4-13-10-27-18(23-13)24-17(26)14-9-11(2)25(12(14)3)16-8-6-5-7-15(16)19(20,21)22/h5-10H,4H2,1-3H3,(H,23,24,26). The predicted octanol–water partition coefficient (Wildman–Crippen LogP) is 5.38. The molecule has 0 bridgehead atoms. The third-order valence-corrected chi connectivity index (χ3v) is 5.07. The summed E-state index contributed by atoms with van der Waals surface area (Å²) >= 11 is 1.32. The maximum atomic E-state index is 13.4. The van der Waals surface area contributed by atoms with Crippen molar-refractivity contribution in [1.82, 2.24) is 9.55 Å². The van der Waals surface area contributed by atoms with Crippen LogP contribution in [-0.2, 0) is 12.6 Å². The van der Waals surface area contributed by atoms with Crippen LogP contribution in [-0.4, -0.2) is 15.5 Å². The van der Waals surface area contributed by atoms with E-state index in [0.29, 0.717) is 22.1 Å². The van der Waals surface area contributed by atoms with Gasteiger partial charge in [0.25, 0.3) is 5.91 Å². The number of halogens is 3. The Labute approximate surface area is 158 Å². The van der Waals surface area contributed by atoms with Crippen LogP contribution in [0.25, 0.3) is 5.69 Å². The fourth-order valence-corrected chi connectivity index (χ4v) is 3.75. The molecule has 0 aliphatic rings.